The Labute approximate surface area is 188 Å². The van der Waals surface area contributed by atoms with Crippen molar-refractivity contribution in [1.82, 2.24) is 13.1 Å². The number of nitrogens with zero attached hydrogens (tertiary/aromatic N) is 3. The van der Waals surface area contributed by atoms with Crippen LogP contribution in [-0.2, 0) is 19.6 Å². The molecule has 2 fully saturated rings. The van der Waals surface area contributed by atoms with Gasteiger partial charge in [-0.2, -0.15) is 13.1 Å². The van der Waals surface area contributed by atoms with Gasteiger partial charge in [-0.15, -0.1) is 0 Å². The van der Waals surface area contributed by atoms with Gasteiger partial charge in [-0.05, 0) is 55.6 Å². The largest absolute Gasteiger partial charge is 0.462 e. The number of aromatic nitrogens is 2. The van der Waals surface area contributed by atoms with Gasteiger partial charge in [-0.1, -0.05) is 33.3 Å². The van der Waals surface area contributed by atoms with Crippen LogP contribution in [-0.4, -0.2) is 46.6 Å². The summed E-state index contributed by atoms with van der Waals surface area (Å²) in [4.78, 5) is 13.1. The fraction of sp³-hybridized carbons (Fsp3) is 0.682. The minimum absolute atomic E-state index is 0.0206. The number of carbonyl (C=O) groups excluding carboxylic acids is 1. The molecule has 0 unspecified atom stereocenters. The van der Waals surface area contributed by atoms with Crippen LogP contribution in [0.15, 0.2) is 23.1 Å². The number of sulfonamides is 1. The van der Waals surface area contributed by atoms with Gasteiger partial charge in [0.2, 0.25) is 10.0 Å². The number of ether oxygens (including phenoxy) is 1. The van der Waals surface area contributed by atoms with E-state index >= 15 is 0 Å². The number of benzene rings is 1. The van der Waals surface area contributed by atoms with E-state index in [9.17, 15) is 13.2 Å². The molecule has 2 heterocycles. The van der Waals surface area contributed by atoms with E-state index < -0.39 is 10.0 Å². The lowest BCUT2D eigenvalue weighted by Gasteiger charge is -2.38. The Kier molecular flexibility index (Phi) is 6.65. The summed E-state index contributed by atoms with van der Waals surface area (Å²) in [5, 5.41) is 0. The normalized spacial score (nSPS) is 26.4. The summed E-state index contributed by atoms with van der Waals surface area (Å²) in [6.07, 6.45) is 4.16. The summed E-state index contributed by atoms with van der Waals surface area (Å²) in [6, 6.07) is 5.03. The zero-order chi connectivity index (χ0) is 22.2. The quantitative estimate of drug-likeness (QED) is 0.618. The zero-order valence-corrected chi connectivity index (χ0v) is 20.0. The SMILES string of the molecule is CC(C)[C@H]1CC[C@@H](C)C[C@H]1OC(=O)C1CCN(S(=O)(=O)c2cccc3nsnc23)CC1. The molecule has 1 aromatic carbocycles. The topological polar surface area (TPSA) is 89.5 Å². The molecular weight excluding hydrogens is 434 g/mol. The molecule has 2 aromatic rings. The highest BCUT2D eigenvalue weighted by Gasteiger charge is 2.37. The Balaban J connectivity index is 1.40. The molecule has 0 spiro atoms. The summed E-state index contributed by atoms with van der Waals surface area (Å²) in [6.45, 7) is 7.24. The minimum atomic E-state index is -3.68. The highest BCUT2D eigenvalue weighted by molar-refractivity contribution is 7.89. The minimum Gasteiger partial charge on any atom is -0.462 e. The molecule has 31 heavy (non-hydrogen) atoms. The zero-order valence-electron chi connectivity index (χ0n) is 18.4. The Morgan fingerprint density at radius 1 is 1.16 bits per heavy atom. The van der Waals surface area contributed by atoms with Crippen molar-refractivity contribution in [2.45, 2.75) is 63.9 Å². The van der Waals surface area contributed by atoms with Crippen LogP contribution in [0.1, 0.15) is 52.9 Å². The van der Waals surface area contributed by atoms with Crippen molar-refractivity contribution in [3.63, 3.8) is 0 Å². The number of piperidine rings is 1. The maximum atomic E-state index is 13.2. The van der Waals surface area contributed by atoms with Crippen LogP contribution in [0.25, 0.3) is 11.0 Å². The van der Waals surface area contributed by atoms with Crippen molar-refractivity contribution >= 4 is 38.8 Å². The molecule has 0 amide bonds. The number of rotatable bonds is 5. The molecule has 3 atom stereocenters. The average molecular weight is 466 g/mol. The van der Waals surface area contributed by atoms with Crippen LogP contribution >= 0.6 is 11.7 Å². The Morgan fingerprint density at radius 2 is 1.90 bits per heavy atom. The predicted octanol–water partition coefficient (Wildman–Crippen LogP) is 4.10. The second kappa shape index (κ2) is 9.11. The molecule has 1 saturated heterocycles. The first-order chi connectivity index (χ1) is 14.8. The maximum Gasteiger partial charge on any atom is 0.309 e. The maximum absolute atomic E-state index is 13.2. The van der Waals surface area contributed by atoms with Crippen molar-refractivity contribution in [3.05, 3.63) is 18.2 Å². The molecule has 1 aliphatic heterocycles. The second-order valence-corrected chi connectivity index (χ2v) is 11.8. The first kappa shape index (κ1) is 22.6. The number of hydrogen-bond acceptors (Lipinski definition) is 7. The Hall–Kier alpha value is -1.58. The van der Waals surface area contributed by atoms with Gasteiger partial charge < -0.3 is 4.74 Å². The molecule has 1 aromatic heterocycles. The van der Waals surface area contributed by atoms with E-state index in [1.54, 1.807) is 18.2 Å². The number of fused-ring (bicyclic) bond motifs is 1. The molecule has 7 nitrogen and oxygen atoms in total. The standard InChI is InChI=1S/C22H31N3O4S2/c1-14(2)17-8-7-15(3)13-19(17)29-22(26)16-9-11-25(12-10-16)31(27,28)20-6-4-5-18-21(20)24-30-23-18/h4-6,14-17,19H,7-13H2,1-3H3/t15-,17-,19-/m1/s1. The summed E-state index contributed by atoms with van der Waals surface area (Å²) >= 11 is 1.01. The van der Waals surface area contributed by atoms with E-state index in [1.165, 1.54) is 10.7 Å². The molecule has 4 rings (SSSR count). The van der Waals surface area contributed by atoms with Gasteiger partial charge in [0.25, 0.3) is 0 Å². The second-order valence-electron chi connectivity index (χ2n) is 9.37. The van der Waals surface area contributed by atoms with Gasteiger partial charge in [-0.3, -0.25) is 4.79 Å². The Morgan fingerprint density at radius 3 is 2.61 bits per heavy atom. The third kappa shape index (κ3) is 4.64. The number of carbonyl (C=O) groups is 1. The van der Waals surface area contributed by atoms with E-state index in [2.05, 4.69) is 29.5 Å². The predicted molar refractivity (Wildman–Crippen MR) is 120 cm³/mol. The fourth-order valence-electron chi connectivity index (χ4n) is 4.96. The first-order valence-electron chi connectivity index (χ1n) is 11.2. The molecule has 2 aliphatic rings. The highest BCUT2D eigenvalue weighted by atomic mass is 32.2. The Bertz CT molecular complexity index is 1030. The summed E-state index contributed by atoms with van der Waals surface area (Å²) < 4.78 is 42.2. The van der Waals surface area contributed by atoms with Crippen LogP contribution in [0.2, 0.25) is 0 Å². The molecule has 0 N–H and O–H groups in total. The van der Waals surface area contributed by atoms with Crippen molar-refractivity contribution < 1.29 is 17.9 Å². The molecule has 1 aliphatic carbocycles. The van der Waals surface area contributed by atoms with Gasteiger partial charge in [0.1, 0.15) is 22.0 Å². The van der Waals surface area contributed by atoms with E-state index in [1.807, 2.05) is 0 Å². The van der Waals surface area contributed by atoms with Crippen molar-refractivity contribution in [1.29, 1.82) is 0 Å². The van der Waals surface area contributed by atoms with Crippen molar-refractivity contribution in [2.24, 2.45) is 23.7 Å². The smallest absolute Gasteiger partial charge is 0.309 e. The lowest BCUT2D eigenvalue weighted by Crippen LogP contribution is -2.42. The van der Waals surface area contributed by atoms with E-state index in [0.717, 1.165) is 24.6 Å². The van der Waals surface area contributed by atoms with Crippen LogP contribution < -0.4 is 0 Å². The number of esters is 1. The summed E-state index contributed by atoms with van der Waals surface area (Å²) in [5.41, 5.74) is 1.01. The summed E-state index contributed by atoms with van der Waals surface area (Å²) in [5.74, 6) is 1.07. The monoisotopic (exact) mass is 465 g/mol. The van der Waals surface area contributed by atoms with Gasteiger partial charge in [0.15, 0.2) is 0 Å². The molecule has 0 radical (unpaired) electrons. The molecule has 0 bridgehead atoms. The van der Waals surface area contributed by atoms with Gasteiger partial charge in [-0.25, -0.2) is 8.42 Å². The first-order valence-corrected chi connectivity index (χ1v) is 13.4. The lowest BCUT2D eigenvalue weighted by atomic mass is 9.75. The molecule has 1 saturated carbocycles. The van der Waals surface area contributed by atoms with Crippen molar-refractivity contribution in [2.75, 3.05) is 13.1 Å². The van der Waals surface area contributed by atoms with Crippen LogP contribution in [0.4, 0.5) is 0 Å². The third-order valence-electron chi connectivity index (χ3n) is 6.88. The van der Waals surface area contributed by atoms with Gasteiger partial charge >= 0.3 is 5.97 Å². The molecule has 170 valence electrons. The third-order valence-corrected chi connectivity index (χ3v) is 9.36. The average Bonchev–Trinajstić information content (AvgIpc) is 3.22. The van der Waals surface area contributed by atoms with Crippen LogP contribution in [0.5, 0.6) is 0 Å². The van der Waals surface area contributed by atoms with E-state index in [0.29, 0.717) is 54.7 Å². The van der Waals surface area contributed by atoms with Crippen molar-refractivity contribution in [3.8, 4) is 0 Å². The lowest BCUT2D eigenvalue weighted by molar-refractivity contribution is -0.162. The fourth-order valence-corrected chi connectivity index (χ4v) is 7.18. The molecule has 9 heteroatoms. The van der Waals surface area contributed by atoms with Gasteiger partial charge in [0, 0.05) is 13.1 Å². The van der Waals surface area contributed by atoms with Gasteiger partial charge in [0.05, 0.1) is 17.6 Å². The van der Waals surface area contributed by atoms with E-state index in [-0.39, 0.29) is 22.9 Å². The van der Waals surface area contributed by atoms with E-state index in [4.69, 9.17) is 4.74 Å². The van der Waals surface area contributed by atoms with Crippen LogP contribution in [0.3, 0.4) is 0 Å². The summed E-state index contributed by atoms with van der Waals surface area (Å²) in [7, 11) is -3.68. The number of hydrogen-bond donors (Lipinski definition) is 0. The highest BCUT2D eigenvalue weighted by Crippen LogP contribution is 2.36. The van der Waals surface area contributed by atoms with Crippen LogP contribution in [0, 0.1) is 23.7 Å². The molecular formula is C22H31N3O4S2.